The third kappa shape index (κ3) is 1.88. The third-order valence-corrected chi connectivity index (χ3v) is 2.60. The van der Waals surface area contributed by atoms with Gasteiger partial charge in [-0.1, -0.05) is 0 Å². The van der Waals surface area contributed by atoms with Crippen molar-refractivity contribution in [2.75, 3.05) is 0 Å². The van der Waals surface area contributed by atoms with E-state index in [1.54, 1.807) is 7.05 Å². The molecule has 90 valence electrons. The molecule has 2 aromatic rings. The molecule has 7 heteroatoms. The van der Waals surface area contributed by atoms with Crippen molar-refractivity contribution in [3.05, 3.63) is 35.4 Å². The Morgan fingerprint density at radius 3 is 2.47 bits per heavy atom. The van der Waals surface area contributed by atoms with Gasteiger partial charge in [-0.3, -0.25) is 0 Å². The van der Waals surface area contributed by atoms with Gasteiger partial charge in [0.05, 0.1) is 11.4 Å². The SMILES string of the molecule is Cn1c(CCl)nnc1-c1ccc(F)c(F)c1F. The van der Waals surface area contributed by atoms with E-state index in [0.717, 1.165) is 12.1 Å². The highest BCUT2D eigenvalue weighted by molar-refractivity contribution is 6.16. The van der Waals surface area contributed by atoms with Gasteiger partial charge in [0.2, 0.25) is 0 Å². The largest absolute Gasteiger partial charge is 0.313 e. The lowest BCUT2D eigenvalue weighted by Gasteiger charge is -2.04. The van der Waals surface area contributed by atoms with E-state index in [1.807, 2.05) is 0 Å². The van der Waals surface area contributed by atoms with E-state index in [9.17, 15) is 13.2 Å². The van der Waals surface area contributed by atoms with Gasteiger partial charge in [0.1, 0.15) is 5.82 Å². The molecule has 1 heterocycles. The highest BCUT2D eigenvalue weighted by atomic mass is 35.5. The minimum absolute atomic E-state index is 0.0921. The Balaban J connectivity index is 2.61. The molecule has 0 N–H and O–H groups in total. The van der Waals surface area contributed by atoms with Crippen molar-refractivity contribution in [3.8, 4) is 11.4 Å². The van der Waals surface area contributed by atoms with Gasteiger partial charge < -0.3 is 4.57 Å². The fourth-order valence-corrected chi connectivity index (χ4v) is 1.64. The Morgan fingerprint density at radius 1 is 1.18 bits per heavy atom. The van der Waals surface area contributed by atoms with Crippen LogP contribution in [0.15, 0.2) is 12.1 Å². The second kappa shape index (κ2) is 4.37. The Labute approximate surface area is 99.8 Å². The molecule has 0 spiro atoms. The molecule has 0 unspecified atom stereocenters. The van der Waals surface area contributed by atoms with Crippen molar-refractivity contribution in [3.63, 3.8) is 0 Å². The molecule has 0 fully saturated rings. The fourth-order valence-electron chi connectivity index (χ4n) is 1.41. The molecule has 1 aromatic heterocycles. The van der Waals surface area contributed by atoms with Crippen molar-refractivity contribution < 1.29 is 13.2 Å². The van der Waals surface area contributed by atoms with Crippen LogP contribution >= 0.6 is 11.6 Å². The van der Waals surface area contributed by atoms with Crippen molar-refractivity contribution in [1.29, 1.82) is 0 Å². The zero-order chi connectivity index (χ0) is 12.6. The molecular formula is C10H7ClF3N3. The lowest BCUT2D eigenvalue weighted by Crippen LogP contribution is -2.01. The quantitative estimate of drug-likeness (QED) is 0.615. The molecule has 17 heavy (non-hydrogen) atoms. The van der Waals surface area contributed by atoms with Crippen LogP contribution < -0.4 is 0 Å². The summed E-state index contributed by atoms with van der Waals surface area (Å²) in [5.74, 6) is -3.47. The van der Waals surface area contributed by atoms with Gasteiger partial charge in [-0.25, -0.2) is 13.2 Å². The summed E-state index contributed by atoms with van der Waals surface area (Å²) in [7, 11) is 1.56. The number of rotatable bonds is 2. The zero-order valence-electron chi connectivity index (χ0n) is 8.72. The number of hydrogen-bond acceptors (Lipinski definition) is 2. The Morgan fingerprint density at radius 2 is 1.88 bits per heavy atom. The molecule has 0 amide bonds. The van der Waals surface area contributed by atoms with Crippen LogP contribution in [0, 0.1) is 17.5 Å². The van der Waals surface area contributed by atoms with E-state index >= 15 is 0 Å². The van der Waals surface area contributed by atoms with Gasteiger partial charge in [0.25, 0.3) is 0 Å². The second-order valence-electron chi connectivity index (χ2n) is 3.36. The molecule has 0 saturated heterocycles. The highest BCUT2D eigenvalue weighted by Gasteiger charge is 2.19. The maximum atomic E-state index is 13.5. The lowest BCUT2D eigenvalue weighted by molar-refractivity contribution is 0.448. The molecule has 0 atom stereocenters. The van der Waals surface area contributed by atoms with E-state index in [-0.39, 0.29) is 17.3 Å². The number of nitrogens with zero attached hydrogens (tertiary/aromatic N) is 3. The van der Waals surface area contributed by atoms with Crippen LogP contribution in [0.3, 0.4) is 0 Å². The normalized spacial score (nSPS) is 10.9. The highest BCUT2D eigenvalue weighted by Crippen LogP contribution is 2.24. The number of aromatic nitrogens is 3. The first kappa shape index (κ1) is 11.9. The number of alkyl halides is 1. The third-order valence-electron chi connectivity index (χ3n) is 2.36. The maximum absolute atomic E-state index is 13.5. The van der Waals surface area contributed by atoms with Crippen LogP contribution in [-0.2, 0) is 12.9 Å². The Bertz CT molecular complexity index is 568. The van der Waals surface area contributed by atoms with Crippen LogP contribution in [0.25, 0.3) is 11.4 Å². The van der Waals surface area contributed by atoms with Gasteiger partial charge in [0.15, 0.2) is 23.3 Å². The summed E-state index contributed by atoms with van der Waals surface area (Å²) in [6.07, 6.45) is 0. The molecule has 0 aliphatic carbocycles. The van der Waals surface area contributed by atoms with E-state index in [1.165, 1.54) is 4.57 Å². The van der Waals surface area contributed by atoms with E-state index in [4.69, 9.17) is 11.6 Å². The lowest BCUT2D eigenvalue weighted by atomic mass is 10.2. The second-order valence-corrected chi connectivity index (χ2v) is 3.62. The van der Waals surface area contributed by atoms with Crippen LogP contribution in [0.2, 0.25) is 0 Å². The summed E-state index contributed by atoms with van der Waals surface area (Å²) in [6, 6.07) is 1.94. The van der Waals surface area contributed by atoms with Crippen molar-refractivity contribution in [1.82, 2.24) is 14.8 Å². The predicted molar refractivity (Wildman–Crippen MR) is 55.9 cm³/mol. The molecule has 0 radical (unpaired) electrons. The molecular weight excluding hydrogens is 255 g/mol. The zero-order valence-corrected chi connectivity index (χ0v) is 9.47. The summed E-state index contributed by atoms with van der Waals surface area (Å²) in [6.45, 7) is 0. The number of benzene rings is 1. The molecule has 0 saturated carbocycles. The number of hydrogen-bond donors (Lipinski definition) is 0. The van der Waals surface area contributed by atoms with Crippen molar-refractivity contribution in [2.24, 2.45) is 7.05 Å². The molecule has 2 rings (SSSR count). The Kier molecular flexibility index (Phi) is 3.06. The molecule has 0 bridgehead atoms. The summed E-state index contributed by atoms with van der Waals surface area (Å²) >= 11 is 5.58. The topological polar surface area (TPSA) is 30.7 Å². The van der Waals surface area contributed by atoms with Crippen molar-refractivity contribution >= 4 is 11.6 Å². The summed E-state index contributed by atoms with van der Waals surface area (Å²) in [5.41, 5.74) is -0.157. The molecule has 1 aromatic carbocycles. The first-order valence-electron chi connectivity index (χ1n) is 4.64. The van der Waals surface area contributed by atoms with E-state index in [2.05, 4.69) is 10.2 Å². The Hall–Kier alpha value is -1.56. The first-order valence-corrected chi connectivity index (χ1v) is 5.17. The van der Waals surface area contributed by atoms with Crippen LogP contribution in [0.4, 0.5) is 13.2 Å². The fraction of sp³-hybridized carbons (Fsp3) is 0.200. The molecule has 0 aliphatic heterocycles. The van der Waals surface area contributed by atoms with Gasteiger partial charge in [-0.05, 0) is 12.1 Å². The average molecular weight is 262 g/mol. The van der Waals surface area contributed by atoms with Crippen LogP contribution in [0.1, 0.15) is 5.82 Å². The van der Waals surface area contributed by atoms with Crippen LogP contribution in [0.5, 0.6) is 0 Å². The van der Waals surface area contributed by atoms with Crippen molar-refractivity contribution in [2.45, 2.75) is 5.88 Å². The predicted octanol–water partition coefficient (Wildman–Crippen LogP) is 2.64. The van der Waals surface area contributed by atoms with Crippen LogP contribution in [-0.4, -0.2) is 14.8 Å². The standard InChI is InChI=1S/C10H7ClF3N3/c1-17-7(4-11)15-16-10(17)5-2-3-6(12)9(14)8(5)13/h2-3H,4H2,1H3. The van der Waals surface area contributed by atoms with E-state index in [0.29, 0.717) is 5.82 Å². The average Bonchev–Trinajstić information content (AvgIpc) is 2.68. The van der Waals surface area contributed by atoms with Gasteiger partial charge >= 0.3 is 0 Å². The first-order chi connectivity index (χ1) is 8.06. The van der Waals surface area contributed by atoms with Gasteiger partial charge in [-0.15, -0.1) is 21.8 Å². The van der Waals surface area contributed by atoms with E-state index < -0.39 is 17.5 Å². The monoisotopic (exact) mass is 261 g/mol. The van der Waals surface area contributed by atoms with Gasteiger partial charge in [0, 0.05) is 7.05 Å². The van der Waals surface area contributed by atoms with Gasteiger partial charge in [-0.2, -0.15) is 0 Å². The number of halogens is 4. The minimum Gasteiger partial charge on any atom is -0.313 e. The molecule has 3 nitrogen and oxygen atoms in total. The molecule has 0 aliphatic rings. The summed E-state index contributed by atoms with van der Waals surface area (Å²) in [4.78, 5) is 0. The minimum atomic E-state index is -1.53. The maximum Gasteiger partial charge on any atom is 0.195 e. The smallest absolute Gasteiger partial charge is 0.195 e. The summed E-state index contributed by atoms with van der Waals surface area (Å²) < 4.78 is 40.8. The summed E-state index contributed by atoms with van der Waals surface area (Å²) in [5, 5.41) is 7.39.